The lowest BCUT2D eigenvalue weighted by atomic mass is 9.75. The molecule has 5 atom stereocenters. The highest BCUT2D eigenvalue weighted by atomic mass is 16.6. The molecule has 0 amide bonds. The molecule has 0 aromatic rings. The zero-order chi connectivity index (χ0) is 14.0. The van der Waals surface area contributed by atoms with Gasteiger partial charge in [0.15, 0.2) is 0 Å². The van der Waals surface area contributed by atoms with Gasteiger partial charge in [0.25, 0.3) is 0 Å². The Morgan fingerprint density at radius 3 is 2.58 bits per heavy atom. The standard InChI is InChI=1S/C16H28O3/c1-5-18-14-9-13(14)16(17)19-15-8-11(4)6-7-12(15)10(2)3/h10-15H,5-9H2,1-4H3. The van der Waals surface area contributed by atoms with Gasteiger partial charge in [-0.15, -0.1) is 0 Å². The summed E-state index contributed by atoms with van der Waals surface area (Å²) in [6, 6.07) is 0. The molecule has 5 unspecified atom stereocenters. The Morgan fingerprint density at radius 1 is 1.21 bits per heavy atom. The molecule has 0 aromatic heterocycles. The number of hydrogen-bond donors (Lipinski definition) is 0. The molecule has 0 aromatic carbocycles. The second kappa shape index (κ2) is 6.25. The molecular weight excluding hydrogens is 240 g/mol. The van der Waals surface area contributed by atoms with Crippen LogP contribution in [0.4, 0.5) is 0 Å². The maximum absolute atomic E-state index is 12.1. The summed E-state index contributed by atoms with van der Waals surface area (Å²) < 4.78 is 11.3. The van der Waals surface area contributed by atoms with Gasteiger partial charge in [-0.1, -0.05) is 27.2 Å². The Bertz CT molecular complexity index is 313. The molecule has 0 bridgehead atoms. The minimum atomic E-state index is -0.0248. The Hall–Kier alpha value is -0.570. The molecule has 0 N–H and O–H groups in total. The van der Waals surface area contributed by atoms with Gasteiger partial charge in [0.05, 0.1) is 12.0 Å². The fourth-order valence-electron chi connectivity index (χ4n) is 3.30. The number of rotatable bonds is 5. The first-order valence-corrected chi connectivity index (χ1v) is 7.85. The molecule has 2 aliphatic rings. The van der Waals surface area contributed by atoms with Crippen LogP contribution in [0.2, 0.25) is 0 Å². The van der Waals surface area contributed by atoms with Crippen molar-refractivity contribution >= 4 is 5.97 Å². The van der Waals surface area contributed by atoms with E-state index in [1.54, 1.807) is 0 Å². The highest BCUT2D eigenvalue weighted by Gasteiger charge is 2.47. The minimum absolute atomic E-state index is 0.00462. The minimum Gasteiger partial charge on any atom is -0.462 e. The number of ether oxygens (including phenoxy) is 2. The predicted molar refractivity (Wildman–Crippen MR) is 74.7 cm³/mol. The van der Waals surface area contributed by atoms with E-state index < -0.39 is 0 Å². The van der Waals surface area contributed by atoms with E-state index in [9.17, 15) is 4.79 Å². The number of hydrogen-bond acceptors (Lipinski definition) is 3. The molecule has 3 heteroatoms. The first-order chi connectivity index (χ1) is 9.02. The van der Waals surface area contributed by atoms with Crippen molar-refractivity contribution in [3.8, 4) is 0 Å². The third-order valence-electron chi connectivity index (χ3n) is 4.64. The van der Waals surface area contributed by atoms with Gasteiger partial charge in [0.1, 0.15) is 6.10 Å². The van der Waals surface area contributed by atoms with Crippen LogP contribution in [0.3, 0.4) is 0 Å². The number of carbonyl (C=O) groups is 1. The third kappa shape index (κ3) is 3.71. The third-order valence-corrected chi connectivity index (χ3v) is 4.64. The molecule has 0 saturated heterocycles. The van der Waals surface area contributed by atoms with E-state index in [2.05, 4.69) is 20.8 Å². The van der Waals surface area contributed by atoms with Crippen molar-refractivity contribution in [2.24, 2.45) is 23.7 Å². The first kappa shape index (κ1) is 14.8. The van der Waals surface area contributed by atoms with Gasteiger partial charge >= 0.3 is 5.97 Å². The molecule has 19 heavy (non-hydrogen) atoms. The van der Waals surface area contributed by atoms with Crippen molar-refractivity contribution in [3.05, 3.63) is 0 Å². The van der Waals surface area contributed by atoms with Crippen molar-refractivity contribution < 1.29 is 14.3 Å². The van der Waals surface area contributed by atoms with Crippen LogP contribution in [0.1, 0.15) is 53.4 Å². The van der Waals surface area contributed by atoms with Gasteiger partial charge in [-0.25, -0.2) is 0 Å². The summed E-state index contributed by atoms with van der Waals surface area (Å²) in [6.45, 7) is 9.39. The van der Waals surface area contributed by atoms with Crippen LogP contribution >= 0.6 is 0 Å². The van der Waals surface area contributed by atoms with Crippen LogP contribution in [-0.2, 0) is 14.3 Å². The largest absolute Gasteiger partial charge is 0.462 e. The van der Waals surface area contributed by atoms with Crippen LogP contribution in [0.25, 0.3) is 0 Å². The molecule has 3 nitrogen and oxygen atoms in total. The van der Waals surface area contributed by atoms with Crippen LogP contribution in [0.15, 0.2) is 0 Å². The van der Waals surface area contributed by atoms with Crippen LogP contribution < -0.4 is 0 Å². The maximum Gasteiger partial charge on any atom is 0.311 e. The summed E-state index contributed by atoms with van der Waals surface area (Å²) in [4.78, 5) is 12.1. The molecule has 2 saturated carbocycles. The summed E-state index contributed by atoms with van der Waals surface area (Å²) >= 11 is 0. The van der Waals surface area contributed by atoms with Gasteiger partial charge in [0, 0.05) is 6.61 Å². The SMILES string of the molecule is CCOC1CC1C(=O)OC1CC(C)CCC1C(C)C. The second-order valence-electron chi connectivity index (χ2n) is 6.64. The van der Waals surface area contributed by atoms with Crippen LogP contribution in [-0.4, -0.2) is 24.8 Å². The van der Waals surface area contributed by atoms with E-state index in [1.807, 2.05) is 6.92 Å². The van der Waals surface area contributed by atoms with Crippen LogP contribution in [0.5, 0.6) is 0 Å². The maximum atomic E-state index is 12.1. The van der Waals surface area contributed by atoms with Gasteiger partial charge in [-0.05, 0) is 43.9 Å². The van der Waals surface area contributed by atoms with Gasteiger partial charge in [-0.3, -0.25) is 4.79 Å². The monoisotopic (exact) mass is 268 g/mol. The van der Waals surface area contributed by atoms with E-state index in [1.165, 1.54) is 12.8 Å². The average Bonchev–Trinajstić information content (AvgIpc) is 3.08. The first-order valence-electron chi connectivity index (χ1n) is 7.85. The molecule has 0 spiro atoms. The number of esters is 1. The van der Waals surface area contributed by atoms with Crippen molar-refractivity contribution in [1.29, 1.82) is 0 Å². The highest BCUT2D eigenvalue weighted by molar-refractivity contribution is 5.76. The number of carbonyl (C=O) groups excluding carboxylic acids is 1. The van der Waals surface area contributed by atoms with E-state index in [-0.39, 0.29) is 24.1 Å². The van der Waals surface area contributed by atoms with Crippen LogP contribution in [0, 0.1) is 23.7 Å². The Kier molecular flexibility index (Phi) is 4.88. The molecule has 2 rings (SSSR count). The average molecular weight is 268 g/mol. The summed E-state index contributed by atoms with van der Waals surface area (Å²) in [6.07, 6.45) is 4.58. The lowest BCUT2D eigenvalue weighted by Gasteiger charge is -2.36. The molecule has 0 heterocycles. The van der Waals surface area contributed by atoms with Gasteiger partial charge < -0.3 is 9.47 Å². The van der Waals surface area contributed by atoms with Crippen molar-refractivity contribution in [1.82, 2.24) is 0 Å². The zero-order valence-electron chi connectivity index (χ0n) is 12.7. The lowest BCUT2D eigenvalue weighted by Crippen LogP contribution is -2.36. The lowest BCUT2D eigenvalue weighted by molar-refractivity contribution is -0.158. The molecule has 0 radical (unpaired) electrons. The normalized spacial score (nSPS) is 38.3. The Balaban J connectivity index is 1.87. The topological polar surface area (TPSA) is 35.5 Å². The van der Waals surface area contributed by atoms with Crippen molar-refractivity contribution in [2.75, 3.05) is 6.61 Å². The Morgan fingerprint density at radius 2 is 1.95 bits per heavy atom. The van der Waals surface area contributed by atoms with E-state index in [4.69, 9.17) is 9.47 Å². The van der Waals surface area contributed by atoms with E-state index in [0.717, 1.165) is 12.8 Å². The van der Waals surface area contributed by atoms with Crippen molar-refractivity contribution in [2.45, 2.75) is 65.6 Å². The highest BCUT2D eigenvalue weighted by Crippen LogP contribution is 2.39. The quantitative estimate of drug-likeness (QED) is 0.717. The zero-order valence-corrected chi connectivity index (χ0v) is 12.7. The fraction of sp³-hybridized carbons (Fsp3) is 0.938. The summed E-state index contributed by atoms with van der Waals surface area (Å²) in [5, 5.41) is 0. The molecule has 2 fully saturated rings. The van der Waals surface area contributed by atoms with E-state index >= 15 is 0 Å². The smallest absolute Gasteiger partial charge is 0.311 e. The van der Waals surface area contributed by atoms with Gasteiger partial charge in [0.2, 0.25) is 0 Å². The Labute approximate surface area is 117 Å². The van der Waals surface area contributed by atoms with Crippen molar-refractivity contribution in [3.63, 3.8) is 0 Å². The molecule has 2 aliphatic carbocycles. The molecule has 0 aliphatic heterocycles. The summed E-state index contributed by atoms with van der Waals surface area (Å²) in [5.74, 6) is 1.78. The van der Waals surface area contributed by atoms with Gasteiger partial charge in [-0.2, -0.15) is 0 Å². The summed E-state index contributed by atoms with van der Waals surface area (Å²) in [7, 11) is 0. The molecule has 110 valence electrons. The second-order valence-corrected chi connectivity index (χ2v) is 6.64. The predicted octanol–water partition coefficient (Wildman–Crippen LogP) is 3.42. The fourth-order valence-corrected chi connectivity index (χ4v) is 3.30. The summed E-state index contributed by atoms with van der Waals surface area (Å²) in [5.41, 5.74) is 0. The van der Waals surface area contributed by atoms with E-state index in [0.29, 0.717) is 24.4 Å². The molecular formula is C16H28O3.